The van der Waals surface area contributed by atoms with Crippen LogP contribution in [0.1, 0.15) is 31.4 Å². The fourth-order valence-electron chi connectivity index (χ4n) is 1.99. The molecule has 0 bridgehead atoms. The molecule has 0 aliphatic rings. The predicted molar refractivity (Wildman–Crippen MR) is 72.3 cm³/mol. The Bertz CT molecular complexity index is 606. The fraction of sp³-hybridized carbons (Fsp3) is 0.462. The number of nitrogens with one attached hydrogen (secondary N) is 1. The van der Waals surface area contributed by atoms with Crippen molar-refractivity contribution in [1.29, 1.82) is 0 Å². The van der Waals surface area contributed by atoms with Crippen molar-refractivity contribution in [3.63, 3.8) is 0 Å². The predicted octanol–water partition coefficient (Wildman–Crippen LogP) is 3.07. The molecular weight excluding hydrogens is 283 g/mol. The average molecular weight is 299 g/mol. The van der Waals surface area contributed by atoms with E-state index in [0.717, 1.165) is 29.1 Å². The number of halogens is 3. The number of hydrogen-bond acceptors (Lipinski definition) is 4. The molecule has 2 heterocycles. The summed E-state index contributed by atoms with van der Waals surface area (Å²) in [7, 11) is 0. The molecular formula is C13H16F3N5. The minimum atomic E-state index is -4.42. The van der Waals surface area contributed by atoms with Gasteiger partial charge < -0.3 is 5.32 Å². The van der Waals surface area contributed by atoms with Crippen molar-refractivity contribution in [3.8, 4) is 5.82 Å². The minimum Gasteiger partial charge on any atom is -0.370 e. The lowest BCUT2D eigenvalue weighted by Crippen LogP contribution is -2.10. The minimum absolute atomic E-state index is 0.373. The van der Waals surface area contributed by atoms with Crippen LogP contribution < -0.4 is 5.32 Å². The summed E-state index contributed by atoms with van der Waals surface area (Å²) in [6.45, 7) is 4.57. The molecule has 5 nitrogen and oxygen atoms in total. The highest BCUT2D eigenvalue weighted by atomic mass is 19.4. The molecule has 0 unspecified atom stereocenters. The molecule has 0 aliphatic heterocycles. The second-order valence-electron chi connectivity index (χ2n) is 4.48. The summed E-state index contributed by atoms with van der Waals surface area (Å²) >= 11 is 0. The molecule has 0 amide bonds. The zero-order valence-electron chi connectivity index (χ0n) is 11.8. The van der Waals surface area contributed by atoms with Crippen LogP contribution in [0.2, 0.25) is 0 Å². The smallest absolute Gasteiger partial charge is 0.370 e. The Balaban J connectivity index is 2.47. The lowest BCUT2D eigenvalue weighted by Gasteiger charge is -2.12. The molecule has 1 N–H and O–H groups in total. The Hall–Kier alpha value is -2.12. The van der Waals surface area contributed by atoms with Crippen LogP contribution in [0.25, 0.3) is 5.82 Å². The summed E-state index contributed by atoms with van der Waals surface area (Å²) in [6, 6.07) is 0. The Kier molecular flexibility index (Phi) is 4.44. The number of hydrogen-bond donors (Lipinski definition) is 1. The molecule has 0 radical (unpaired) electrons. The topological polar surface area (TPSA) is 55.6 Å². The summed E-state index contributed by atoms with van der Waals surface area (Å²) in [4.78, 5) is 8.23. The molecule has 2 aromatic rings. The van der Waals surface area contributed by atoms with Crippen LogP contribution in [0.15, 0.2) is 18.7 Å². The fourth-order valence-corrected chi connectivity index (χ4v) is 1.99. The van der Waals surface area contributed by atoms with Crippen LogP contribution in [0.3, 0.4) is 0 Å². The molecule has 2 rings (SSSR count). The summed E-state index contributed by atoms with van der Waals surface area (Å²) in [5.74, 6) is 1.01. The Morgan fingerprint density at radius 1 is 1.24 bits per heavy atom. The van der Waals surface area contributed by atoms with Gasteiger partial charge in [-0.2, -0.15) is 18.3 Å². The van der Waals surface area contributed by atoms with Crippen LogP contribution in [0, 0.1) is 0 Å². The summed E-state index contributed by atoms with van der Waals surface area (Å²) in [6.07, 6.45) is 0.121. The Labute approximate surface area is 120 Å². The first kappa shape index (κ1) is 15.3. The first-order valence-electron chi connectivity index (χ1n) is 6.67. The van der Waals surface area contributed by atoms with Crippen LogP contribution in [-0.4, -0.2) is 26.3 Å². The molecule has 0 aliphatic carbocycles. The second kappa shape index (κ2) is 6.11. The molecule has 8 heteroatoms. The van der Waals surface area contributed by atoms with E-state index >= 15 is 0 Å². The standard InChI is InChI=1S/C13H16F3N5/c1-3-5-10-11(17-4-2)18-8-19-12(10)21-7-9(6-20-21)13(14,15)16/h6-8H,3-5H2,1-2H3,(H,17,18,19). The number of rotatable bonds is 5. The average Bonchev–Trinajstić information content (AvgIpc) is 2.90. The maximum Gasteiger partial charge on any atom is 0.419 e. The molecule has 0 aromatic carbocycles. The van der Waals surface area contributed by atoms with Gasteiger partial charge in [-0.3, -0.25) is 0 Å². The quantitative estimate of drug-likeness (QED) is 0.922. The molecule has 114 valence electrons. The van der Waals surface area contributed by atoms with E-state index in [0.29, 0.717) is 24.6 Å². The highest BCUT2D eigenvalue weighted by molar-refractivity contribution is 5.51. The number of nitrogens with zero attached hydrogens (tertiary/aromatic N) is 4. The third-order valence-corrected chi connectivity index (χ3v) is 2.89. The van der Waals surface area contributed by atoms with Gasteiger partial charge in [0.15, 0.2) is 5.82 Å². The summed E-state index contributed by atoms with van der Waals surface area (Å²) < 4.78 is 39.2. The molecule has 2 aromatic heterocycles. The number of aromatic nitrogens is 4. The van der Waals surface area contributed by atoms with Crippen molar-refractivity contribution in [3.05, 3.63) is 29.8 Å². The van der Waals surface area contributed by atoms with Gasteiger partial charge in [-0.25, -0.2) is 14.6 Å². The van der Waals surface area contributed by atoms with Crippen LogP contribution in [0.4, 0.5) is 19.0 Å². The van der Waals surface area contributed by atoms with Gasteiger partial charge in [0.1, 0.15) is 12.1 Å². The maximum atomic E-state index is 12.7. The molecule has 0 fully saturated rings. The third-order valence-electron chi connectivity index (χ3n) is 2.89. The van der Waals surface area contributed by atoms with Crippen molar-refractivity contribution in [2.24, 2.45) is 0 Å². The molecule has 21 heavy (non-hydrogen) atoms. The van der Waals surface area contributed by atoms with E-state index in [2.05, 4.69) is 20.4 Å². The molecule has 0 saturated heterocycles. The second-order valence-corrected chi connectivity index (χ2v) is 4.48. The largest absolute Gasteiger partial charge is 0.419 e. The molecule has 0 spiro atoms. The van der Waals surface area contributed by atoms with E-state index < -0.39 is 11.7 Å². The van der Waals surface area contributed by atoms with Gasteiger partial charge in [-0.15, -0.1) is 0 Å². The van der Waals surface area contributed by atoms with Gasteiger partial charge >= 0.3 is 6.18 Å². The van der Waals surface area contributed by atoms with Crippen LogP contribution >= 0.6 is 0 Å². The van der Waals surface area contributed by atoms with E-state index in [9.17, 15) is 13.2 Å². The van der Waals surface area contributed by atoms with Crippen molar-refractivity contribution in [2.45, 2.75) is 32.9 Å². The van der Waals surface area contributed by atoms with E-state index in [1.807, 2.05) is 13.8 Å². The Morgan fingerprint density at radius 3 is 2.57 bits per heavy atom. The summed E-state index contributed by atoms with van der Waals surface area (Å²) in [5, 5.41) is 6.87. The van der Waals surface area contributed by atoms with E-state index in [4.69, 9.17) is 0 Å². The van der Waals surface area contributed by atoms with Crippen LogP contribution in [-0.2, 0) is 12.6 Å². The van der Waals surface area contributed by atoms with Gasteiger partial charge in [0, 0.05) is 18.3 Å². The van der Waals surface area contributed by atoms with E-state index in [1.165, 1.54) is 6.33 Å². The highest BCUT2D eigenvalue weighted by Crippen LogP contribution is 2.29. The number of anilines is 1. The normalized spacial score (nSPS) is 11.7. The zero-order chi connectivity index (χ0) is 15.5. The van der Waals surface area contributed by atoms with E-state index in [1.54, 1.807) is 0 Å². The maximum absolute atomic E-state index is 12.7. The SMILES string of the molecule is CCCc1c(NCC)ncnc1-n1cc(C(F)(F)F)cn1. The van der Waals surface area contributed by atoms with Gasteiger partial charge in [-0.05, 0) is 13.3 Å². The molecule has 0 saturated carbocycles. The first-order valence-corrected chi connectivity index (χ1v) is 6.67. The lowest BCUT2D eigenvalue weighted by atomic mass is 10.1. The Morgan fingerprint density at radius 2 is 2.00 bits per heavy atom. The highest BCUT2D eigenvalue weighted by Gasteiger charge is 2.32. The van der Waals surface area contributed by atoms with Crippen LogP contribution in [0.5, 0.6) is 0 Å². The monoisotopic (exact) mass is 299 g/mol. The van der Waals surface area contributed by atoms with Crippen molar-refractivity contribution in [2.75, 3.05) is 11.9 Å². The molecule has 0 atom stereocenters. The van der Waals surface area contributed by atoms with Crippen molar-refractivity contribution < 1.29 is 13.2 Å². The lowest BCUT2D eigenvalue weighted by molar-refractivity contribution is -0.137. The van der Waals surface area contributed by atoms with Gasteiger partial charge in [-0.1, -0.05) is 13.3 Å². The summed E-state index contributed by atoms with van der Waals surface area (Å²) in [5.41, 5.74) is -0.0350. The zero-order valence-corrected chi connectivity index (χ0v) is 11.8. The number of alkyl halides is 3. The third kappa shape index (κ3) is 3.32. The van der Waals surface area contributed by atoms with Crippen molar-refractivity contribution >= 4 is 5.82 Å². The first-order chi connectivity index (χ1) is 9.97. The van der Waals surface area contributed by atoms with Crippen molar-refractivity contribution in [1.82, 2.24) is 19.7 Å². The van der Waals surface area contributed by atoms with Gasteiger partial charge in [0.25, 0.3) is 0 Å². The van der Waals surface area contributed by atoms with E-state index in [-0.39, 0.29) is 0 Å². The van der Waals surface area contributed by atoms with Gasteiger partial charge in [0.2, 0.25) is 0 Å². The van der Waals surface area contributed by atoms with Gasteiger partial charge in [0.05, 0.1) is 11.8 Å².